The minimum atomic E-state index is -1.52. The first-order valence-electron chi connectivity index (χ1n) is 5.91. The van der Waals surface area contributed by atoms with Gasteiger partial charge in [0.05, 0.1) is 0 Å². The van der Waals surface area contributed by atoms with Crippen LogP contribution in [0.2, 0.25) is 0 Å². The molecule has 0 saturated carbocycles. The summed E-state index contributed by atoms with van der Waals surface area (Å²) in [4.78, 5) is 45.6. The Morgan fingerprint density at radius 2 is 1.60 bits per heavy atom. The Balaban J connectivity index is 2.11. The van der Waals surface area contributed by atoms with E-state index < -0.39 is 29.5 Å². The Hall–Kier alpha value is -2.76. The number of barbiturate groups is 1. The minimum absolute atomic E-state index is 0.673. The fraction of sp³-hybridized carbons (Fsp3) is 0.143. The standard InChI is InChI=1S/C14H12N2O4/c1-8-2-4-9(5-3-8)6-7-10(17)11-12(18)15-14(20)16-13(11)19/h2-7,11H,1H3,(H2,15,16,18,19,20)/b7-6+. The molecule has 0 spiro atoms. The molecule has 6 nitrogen and oxygen atoms in total. The van der Waals surface area contributed by atoms with Crippen molar-refractivity contribution in [2.24, 2.45) is 5.92 Å². The predicted molar refractivity (Wildman–Crippen MR) is 70.4 cm³/mol. The maximum absolute atomic E-state index is 11.8. The summed E-state index contributed by atoms with van der Waals surface area (Å²) in [5.41, 5.74) is 1.86. The number of benzene rings is 1. The second-order valence-corrected chi connectivity index (χ2v) is 4.39. The molecule has 4 amide bonds. The fourth-order valence-corrected chi connectivity index (χ4v) is 1.73. The molecule has 1 aromatic rings. The Bertz CT molecular complexity index is 597. The number of hydrogen-bond acceptors (Lipinski definition) is 4. The first-order valence-corrected chi connectivity index (χ1v) is 5.91. The van der Waals surface area contributed by atoms with Crippen LogP contribution in [0.25, 0.3) is 6.08 Å². The second-order valence-electron chi connectivity index (χ2n) is 4.39. The highest BCUT2D eigenvalue weighted by Gasteiger charge is 2.38. The van der Waals surface area contributed by atoms with Gasteiger partial charge in [-0.25, -0.2) is 4.79 Å². The third-order valence-corrected chi connectivity index (χ3v) is 2.80. The largest absolute Gasteiger partial charge is 0.328 e. The van der Waals surface area contributed by atoms with Crippen LogP contribution >= 0.6 is 0 Å². The van der Waals surface area contributed by atoms with Crippen LogP contribution < -0.4 is 10.6 Å². The monoisotopic (exact) mass is 272 g/mol. The predicted octanol–water partition coefficient (Wildman–Crippen LogP) is 0.560. The number of amides is 4. The molecule has 0 radical (unpaired) electrons. The maximum atomic E-state index is 11.8. The number of carbonyl (C=O) groups excluding carboxylic acids is 4. The van der Waals surface area contributed by atoms with Crippen molar-refractivity contribution < 1.29 is 19.2 Å². The Morgan fingerprint density at radius 1 is 1.05 bits per heavy atom. The lowest BCUT2D eigenvalue weighted by atomic mass is 9.99. The minimum Gasteiger partial charge on any atom is -0.293 e. The van der Waals surface area contributed by atoms with Crippen LogP contribution in [0.1, 0.15) is 11.1 Å². The van der Waals surface area contributed by atoms with Crippen molar-refractivity contribution in [1.82, 2.24) is 10.6 Å². The van der Waals surface area contributed by atoms with E-state index in [1.54, 1.807) is 0 Å². The molecule has 1 fully saturated rings. The average Bonchev–Trinajstić information content (AvgIpc) is 2.37. The summed E-state index contributed by atoms with van der Waals surface area (Å²) < 4.78 is 0. The van der Waals surface area contributed by atoms with Crippen molar-refractivity contribution in [2.75, 3.05) is 0 Å². The van der Waals surface area contributed by atoms with Crippen LogP contribution in [0.3, 0.4) is 0 Å². The van der Waals surface area contributed by atoms with Crippen molar-refractivity contribution >= 4 is 29.7 Å². The lowest BCUT2D eigenvalue weighted by molar-refractivity contribution is -0.140. The summed E-state index contributed by atoms with van der Waals surface area (Å²) in [6, 6.07) is 6.46. The van der Waals surface area contributed by atoms with E-state index >= 15 is 0 Å². The van der Waals surface area contributed by atoms with Gasteiger partial charge < -0.3 is 0 Å². The summed E-state index contributed by atoms with van der Waals surface area (Å²) in [6.07, 6.45) is 2.67. The first kappa shape index (κ1) is 13.7. The first-order chi connectivity index (χ1) is 9.47. The number of ketones is 1. The van der Waals surface area contributed by atoms with E-state index in [1.807, 2.05) is 41.8 Å². The Labute approximate surface area is 114 Å². The number of allylic oxidation sites excluding steroid dienone is 1. The molecule has 0 aliphatic carbocycles. The van der Waals surface area contributed by atoms with Gasteiger partial charge in [-0.2, -0.15) is 0 Å². The molecule has 0 atom stereocenters. The van der Waals surface area contributed by atoms with Gasteiger partial charge in [0.25, 0.3) is 0 Å². The normalized spacial score (nSPS) is 16.1. The zero-order valence-corrected chi connectivity index (χ0v) is 10.7. The molecule has 1 heterocycles. The summed E-state index contributed by atoms with van der Waals surface area (Å²) in [7, 11) is 0. The molecule has 1 saturated heterocycles. The van der Waals surface area contributed by atoms with Crippen LogP contribution in [0, 0.1) is 12.8 Å². The van der Waals surface area contributed by atoms with Crippen LogP contribution in [-0.4, -0.2) is 23.6 Å². The molecule has 0 bridgehead atoms. The molecular weight excluding hydrogens is 260 g/mol. The average molecular weight is 272 g/mol. The van der Waals surface area contributed by atoms with Gasteiger partial charge in [0.15, 0.2) is 11.7 Å². The third-order valence-electron chi connectivity index (χ3n) is 2.80. The second kappa shape index (κ2) is 5.48. The van der Waals surface area contributed by atoms with Crippen LogP contribution in [-0.2, 0) is 14.4 Å². The van der Waals surface area contributed by atoms with E-state index in [4.69, 9.17) is 0 Å². The fourth-order valence-electron chi connectivity index (χ4n) is 1.73. The van der Waals surface area contributed by atoms with Gasteiger partial charge in [-0.15, -0.1) is 0 Å². The molecule has 102 valence electrons. The summed E-state index contributed by atoms with van der Waals surface area (Å²) >= 11 is 0. The summed E-state index contributed by atoms with van der Waals surface area (Å²) in [6.45, 7) is 1.94. The van der Waals surface area contributed by atoms with Gasteiger partial charge in [0.1, 0.15) is 0 Å². The van der Waals surface area contributed by atoms with Gasteiger partial charge in [0, 0.05) is 0 Å². The van der Waals surface area contributed by atoms with Gasteiger partial charge >= 0.3 is 6.03 Å². The maximum Gasteiger partial charge on any atom is 0.328 e. The molecule has 0 aromatic heterocycles. The number of aryl methyl sites for hydroxylation is 1. The molecule has 0 unspecified atom stereocenters. The van der Waals surface area contributed by atoms with Gasteiger partial charge in [-0.1, -0.05) is 35.9 Å². The lowest BCUT2D eigenvalue weighted by Crippen LogP contribution is -2.57. The Morgan fingerprint density at radius 3 is 2.15 bits per heavy atom. The van der Waals surface area contributed by atoms with Crippen molar-refractivity contribution in [2.45, 2.75) is 6.92 Å². The number of nitrogens with one attached hydrogen (secondary N) is 2. The molecule has 6 heteroatoms. The summed E-state index contributed by atoms with van der Waals surface area (Å²) in [5.74, 6) is -4.00. The van der Waals surface area contributed by atoms with E-state index in [2.05, 4.69) is 0 Å². The highest BCUT2D eigenvalue weighted by atomic mass is 16.2. The highest BCUT2D eigenvalue weighted by molar-refractivity contribution is 6.28. The quantitative estimate of drug-likeness (QED) is 0.621. The van der Waals surface area contributed by atoms with Crippen LogP contribution in [0.5, 0.6) is 0 Å². The zero-order valence-electron chi connectivity index (χ0n) is 10.7. The van der Waals surface area contributed by atoms with E-state index in [-0.39, 0.29) is 0 Å². The summed E-state index contributed by atoms with van der Waals surface area (Å²) in [5, 5.41) is 3.76. The highest BCUT2D eigenvalue weighted by Crippen LogP contribution is 2.09. The van der Waals surface area contributed by atoms with Crippen LogP contribution in [0.4, 0.5) is 4.79 Å². The molecule has 20 heavy (non-hydrogen) atoms. The zero-order chi connectivity index (χ0) is 14.7. The number of carbonyl (C=O) groups is 4. The smallest absolute Gasteiger partial charge is 0.293 e. The van der Waals surface area contributed by atoms with E-state index in [0.29, 0.717) is 0 Å². The molecule has 1 aliphatic heterocycles. The SMILES string of the molecule is Cc1ccc(/C=C/C(=O)C2C(=O)NC(=O)NC2=O)cc1. The van der Waals surface area contributed by atoms with E-state index in [0.717, 1.165) is 17.2 Å². The van der Waals surface area contributed by atoms with E-state index in [9.17, 15) is 19.2 Å². The van der Waals surface area contributed by atoms with Gasteiger partial charge in [-0.3, -0.25) is 25.0 Å². The molecular formula is C14H12N2O4. The van der Waals surface area contributed by atoms with Crippen molar-refractivity contribution in [3.05, 3.63) is 41.5 Å². The van der Waals surface area contributed by atoms with Crippen molar-refractivity contribution in [3.8, 4) is 0 Å². The van der Waals surface area contributed by atoms with Crippen LogP contribution in [0.15, 0.2) is 30.3 Å². The molecule has 2 N–H and O–H groups in total. The van der Waals surface area contributed by atoms with Gasteiger partial charge in [0.2, 0.25) is 11.8 Å². The molecule has 1 aromatic carbocycles. The topological polar surface area (TPSA) is 92.3 Å². The molecule has 1 aliphatic rings. The number of urea groups is 1. The van der Waals surface area contributed by atoms with Crippen molar-refractivity contribution in [1.29, 1.82) is 0 Å². The lowest BCUT2D eigenvalue weighted by Gasteiger charge is -2.18. The van der Waals surface area contributed by atoms with Gasteiger partial charge in [-0.05, 0) is 18.6 Å². The Kier molecular flexibility index (Phi) is 3.74. The van der Waals surface area contributed by atoms with E-state index in [1.165, 1.54) is 6.08 Å². The van der Waals surface area contributed by atoms with Crippen molar-refractivity contribution in [3.63, 3.8) is 0 Å². The third kappa shape index (κ3) is 2.97. The molecule has 2 rings (SSSR count). The number of hydrogen-bond donors (Lipinski definition) is 2. The number of imide groups is 2. The number of rotatable bonds is 3.